The summed E-state index contributed by atoms with van der Waals surface area (Å²) in [5.74, 6) is 2.26. The summed E-state index contributed by atoms with van der Waals surface area (Å²) < 4.78 is 23.9. The van der Waals surface area contributed by atoms with Crippen LogP contribution in [-0.2, 0) is 7.05 Å². The minimum Gasteiger partial charge on any atom is -0.497 e. The Morgan fingerprint density at radius 2 is 1.19 bits per heavy atom. The Morgan fingerprint density at radius 3 is 1.78 bits per heavy atom. The van der Waals surface area contributed by atoms with Gasteiger partial charge in [0.2, 0.25) is 0 Å². The first-order chi connectivity index (χ1) is 17.6. The standard InChI is InChI=1S/C29H27N3O4/c1-32-26-11-8-19(21-16-30-29(36-5)31-17-21)14-25(26)27(18-6-9-22(33-2)10-7-18)28(32)20-12-23(34-3)15-24(13-20)35-4/h6-17H,1-5H3. The van der Waals surface area contributed by atoms with Gasteiger partial charge >= 0.3 is 6.01 Å². The molecule has 0 saturated carbocycles. The first-order valence-electron chi connectivity index (χ1n) is 11.4. The molecule has 3 aromatic carbocycles. The van der Waals surface area contributed by atoms with Gasteiger partial charge in [0, 0.05) is 53.1 Å². The van der Waals surface area contributed by atoms with E-state index >= 15 is 0 Å². The number of hydrogen-bond acceptors (Lipinski definition) is 6. The molecule has 0 fully saturated rings. The molecule has 7 heteroatoms. The van der Waals surface area contributed by atoms with Gasteiger partial charge in [-0.2, -0.15) is 0 Å². The van der Waals surface area contributed by atoms with Gasteiger partial charge < -0.3 is 23.5 Å². The first-order valence-corrected chi connectivity index (χ1v) is 11.4. The fourth-order valence-corrected chi connectivity index (χ4v) is 4.53. The van der Waals surface area contributed by atoms with Crippen molar-refractivity contribution in [3.05, 3.63) is 73.1 Å². The van der Waals surface area contributed by atoms with Gasteiger partial charge in [-0.25, -0.2) is 9.97 Å². The van der Waals surface area contributed by atoms with E-state index in [0.717, 1.165) is 61.7 Å². The minimum absolute atomic E-state index is 0.340. The Kier molecular flexibility index (Phi) is 6.21. The van der Waals surface area contributed by atoms with Crippen molar-refractivity contribution in [2.45, 2.75) is 0 Å². The van der Waals surface area contributed by atoms with Gasteiger partial charge in [-0.3, -0.25) is 0 Å². The molecule has 0 saturated heterocycles. The van der Waals surface area contributed by atoms with E-state index in [-0.39, 0.29) is 0 Å². The van der Waals surface area contributed by atoms with Crippen molar-refractivity contribution in [2.75, 3.05) is 28.4 Å². The van der Waals surface area contributed by atoms with Crippen LogP contribution in [0.1, 0.15) is 0 Å². The van der Waals surface area contributed by atoms with Crippen molar-refractivity contribution in [3.8, 4) is 56.8 Å². The van der Waals surface area contributed by atoms with Gasteiger partial charge in [0.25, 0.3) is 0 Å². The third-order valence-electron chi connectivity index (χ3n) is 6.35. The second-order valence-electron chi connectivity index (χ2n) is 8.30. The van der Waals surface area contributed by atoms with Gasteiger partial charge in [0.05, 0.1) is 34.1 Å². The molecule has 0 unspecified atom stereocenters. The third-order valence-corrected chi connectivity index (χ3v) is 6.35. The van der Waals surface area contributed by atoms with Gasteiger partial charge in [-0.05, 0) is 47.5 Å². The Morgan fingerprint density at radius 1 is 0.583 bits per heavy atom. The van der Waals surface area contributed by atoms with E-state index in [2.05, 4.69) is 51.9 Å². The van der Waals surface area contributed by atoms with Crippen LogP contribution in [0.25, 0.3) is 44.4 Å². The van der Waals surface area contributed by atoms with Crippen LogP contribution in [0.4, 0.5) is 0 Å². The number of rotatable bonds is 7. The predicted octanol–water partition coefficient (Wildman–Crippen LogP) is 6.00. The summed E-state index contributed by atoms with van der Waals surface area (Å²) in [5, 5.41) is 1.10. The lowest BCUT2D eigenvalue weighted by Gasteiger charge is -2.13. The maximum atomic E-state index is 5.57. The largest absolute Gasteiger partial charge is 0.497 e. The quantitative estimate of drug-likeness (QED) is 0.284. The topological polar surface area (TPSA) is 67.6 Å². The van der Waals surface area contributed by atoms with Crippen molar-refractivity contribution >= 4 is 10.9 Å². The summed E-state index contributed by atoms with van der Waals surface area (Å²) in [4.78, 5) is 8.56. The lowest BCUT2D eigenvalue weighted by Crippen LogP contribution is -1.95. The van der Waals surface area contributed by atoms with Crippen LogP contribution >= 0.6 is 0 Å². The van der Waals surface area contributed by atoms with Crippen LogP contribution in [-0.4, -0.2) is 43.0 Å². The molecule has 7 nitrogen and oxygen atoms in total. The summed E-state index contributed by atoms with van der Waals surface area (Å²) in [6, 6.07) is 20.8. The highest BCUT2D eigenvalue weighted by atomic mass is 16.5. The highest BCUT2D eigenvalue weighted by Crippen LogP contribution is 2.43. The molecule has 2 heterocycles. The van der Waals surface area contributed by atoms with E-state index in [1.54, 1.807) is 40.8 Å². The SMILES string of the molecule is COc1ccc(-c2c(-c3cc(OC)cc(OC)c3)n(C)c3ccc(-c4cnc(OC)nc4)cc23)cc1. The van der Waals surface area contributed by atoms with E-state index < -0.39 is 0 Å². The zero-order valence-electron chi connectivity index (χ0n) is 20.9. The molecule has 0 aliphatic carbocycles. The first kappa shape index (κ1) is 23.2. The normalized spacial score (nSPS) is 10.9. The Labute approximate surface area is 209 Å². The Bertz CT molecular complexity index is 1500. The highest BCUT2D eigenvalue weighted by molar-refractivity contribution is 6.06. The van der Waals surface area contributed by atoms with Crippen LogP contribution in [0.5, 0.6) is 23.3 Å². The van der Waals surface area contributed by atoms with E-state index in [1.165, 1.54) is 0 Å². The highest BCUT2D eigenvalue weighted by Gasteiger charge is 2.20. The predicted molar refractivity (Wildman–Crippen MR) is 141 cm³/mol. The molecule has 182 valence electrons. The maximum Gasteiger partial charge on any atom is 0.316 e. The molecule has 5 rings (SSSR count). The molecule has 0 amide bonds. The van der Waals surface area contributed by atoms with E-state index in [1.807, 2.05) is 30.3 Å². The summed E-state index contributed by atoms with van der Waals surface area (Å²) in [7, 11) is 8.62. The number of aromatic nitrogens is 3. The van der Waals surface area contributed by atoms with Crippen molar-refractivity contribution in [1.82, 2.24) is 14.5 Å². The van der Waals surface area contributed by atoms with Crippen molar-refractivity contribution in [2.24, 2.45) is 7.05 Å². The Hall–Kier alpha value is -4.52. The van der Waals surface area contributed by atoms with Gasteiger partial charge in [-0.15, -0.1) is 0 Å². The molecular formula is C29H27N3O4. The molecule has 36 heavy (non-hydrogen) atoms. The summed E-state index contributed by atoms with van der Waals surface area (Å²) in [6.07, 6.45) is 3.55. The molecule has 2 aromatic heterocycles. The van der Waals surface area contributed by atoms with E-state index in [9.17, 15) is 0 Å². The molecule has 0 aliphatic heterocycles. The lowest BCUT2D eigenvalue weighted by molar-refractivity contribution is 0.380. The summed E-state index contributed by atoms with van der Waals surface area (Å²) in [5.41, 5.74) is 7.23. The molecule has 0 N–H and O–H groups in total. The molecule has 0 spiro atoms. The van der Waals surface area contributed by atoms with Crippen molar-refractivity contribution in [1.29, 1.82) is 0 Å². The Balaban J connectivity index is 1.79. The molecule has 0 radical (unpaired) electrons. The summed E-state index contributed by atoms with van der Waals surface area (Å²) >= 11 is 0. The number of methoxy groups -OCH3 is 4. The average Bonchev–Trinajstić information content (AvgIpc) is 3.24. The molecule has 0 aliphatic rings. The van der Waals surface area contributed by atoms with E-state index in [4.69, 9.17) is 18.9 Å². The van der Waals surface area contributed by atoms with Gasteiger partial charge in [0.15, 0.2) is 0 Å². The lowest BCUT2D eigenvalue weighted by atomic mass is 9.96. The zero-order chi connectivity index (χ0) is 25.2. The van der Waals surface area contributed by atoms with Crippen LogP contribution in [0.2, 0.25) is 0 Å². The second-order valence-corrected chi connectivity index (χ2v) is 8.30. The second kappa shape index (κ2) is 9.62. The zero-order valence-corrected chi connectivity index (χ0v) is 20.9. The molecular weight excluding hydrogens is 454 g/mol. The smallest absolute Gasteiger partial charge is 0.316 e. The molecule has 0 bridgehead atoms. The van der Waals surface area contributed by atoms with Crippen LogP contribution in [0, 0.1) is 0 Å². The third kappa shape index (κ3) is 4.09. The van der Waals surface area contributed by atoms with Crippen LogP contribution < -0.4 is 18.9 Å². The molecule has 5 aromatic rings. The number of benzene rings is 3. The number of ether oxygens (including phenoxy) is 4. The van der Waals surface area contributed by atoms with E-state index in [0.29, 0.717) is 6.01 Å². The van der Waals surface area contributed by atoms with Gasteiger partial charge in [0.1, 0.15) is 17.2 Å². The minimum atomic E-state index is 0.340. The fraction of sp³-hybridized carbons (Fsp3) is 0.172. The van der Waals surface area contributed by atoms with Crippen molar-refractivity contribution < 1.29 is 18.9 Å². The number of fused-ring (bicyclic) bond motifs is 1. The summed E-state index contributed by atoms with van der Waals surface area (Å²) in [6.45, 7) is 0. The van der Waals surface area contributed by atoms with Crippen LogP contribution in [0.15, 0.2) is 73.1 Å². The monoisotopic (exact) mass is 481 g/mol. The van der Waals surface area contributed by atoms with Crippen LogP contribution in [0.3, 0.4) is 0 Å². The maximum absolute atomic E-state index is 5.57. The fourth-order valence-electron chi connectivity index (χ4n) is 4.53. The van der Waals surface area contributed by atoms with Crippen molar-refractivity contribution in [3.63, 3.8) is 0 Å². The molecule has 0 atom stereocenters. The average molecular weight is 482 g/mol. The number of nitrogens with zero attached hydrogens (tertiary/aromatic N) is 3. The number of aryl methyl sites for hydroxylation is 1. The van der Waals surface area contributed by atoms with Gasteiger partial charge in [-0.1, -0.05) is 18.2 Å². The number of hydrogen-bond donors (Lipinski definition) is 0.